The van der Waals surface area contributed by atoms with Crippen molar-refractivity contribution in [2.75, 3.05) is 52.8 Å². The Morgan fingerprint density at radius 3 is 2.31 bits per heavy atom. The Morgan fingerprint density at radius 1 is 0.902 bits per heavy atom. The Bertz CT molecular complexity index is 2100. The molecule has 0 aliphatic carbocycles. The number of nitrogens with one attached hydrogen (secondary N) is 4. The number of rotatable bonds is 23. The summed E-state index contributed by atoms with van der Waals surface area (Å²) in [6, 6.07) is 12.4. The van der Waals surface area contributed by atoms with Crippen molar-refractivity contribution in [3.8, 4) is 16.9 Å². The quantitative estimate of drug-likeness (QED) is 0.0118. The summed E-state index contributed by atoms with van der Waals surface area (Å²) in [4.78, 5) is 77.4. The van der Waals surface area contributed by atoms with E-state index in [2.05, 4.69) is 20.9 Å². The van der Waals surface area contributed by atoms with Crippen LogP contribution >= 0.6 is 0 Å². The van der Waals surface area contributed by atoms with E-state index in [1.54, 1.807) is 6.07 Å². The zero-order chi connectivity index (χ0) is 44.3. The molecule has 3 aromatic rings. The van der Waals surface area contributed by atoms with Crippen LogP contribution in [-0.4, -0.2) is 139 Å². The van der Waals surface area contributed by atoms with E-state index in [4.69, 9.17) is 35.2 Å². The zero-order valence-electron chi connectivity index (χ0n) is 33.1. The molecule has 0 radical (unpaired) electrons. The molecule has 1 saturated heterocycles. The molecule has 330 valence electrons. The normalized spacial score (nSPS) is 14.4. The second-order valence-corrected chi connectivity index (χ2v) is 13.6. The highest BCUT2D eigenvalue weighted by Crippen LogP contribution is 2.32. The van der Waals surface area contributed by atoms with Crippen molar-refractivity contribution >= 4 is 52.6 Å². The van der Waals surface area contributed by atoms with Gasteiger partial charge in [-0.05, 0) is 30.9 Å². The van der Waals surface area contributed by atoms with Gasteiger partial charge in [-0.3, -0.25) is 34.3 Å². The number of aliphatic carboxylic acids is 2. The standard InChI is InChI=1S/C39H50N8O14/c40-39(41)42-13-5-10-26(36(54)43-20-31(50)45-27(18-33(51)52)37(55)46-28(21-48)38(56)57)44-30(49)11-12-34(53)60-22-59-29-19-32(47-14-16-58-17-15-47)61-35-24(8-4-9-25(29)35)23-6-2-1-3-7-23/h1-4,6-9,19,26-28,30,44,48-49H,5,10-18,20-22H2,(H8-,40,41,42,43,45,46,50,51,52,54,55,56,57)/p+1. The Hall–Kier alpha value is -6.62. The van der Waals surface area contributed by atoms with Gasteiger partial charge < -0.3 is 66.5 Å². The predicted molar refractivity (Wildman–Crippen MR) is 215 cm³/mol. The van der Waals surface area contributed by atoms with Crippen LogP contribution in [0.15, 0.2) is 64.0 Å². The number of guanidine groups is 1. The highest BCUT2D eigenvalue weighted by atomic mass is 16.7. The molecule has 2 heterocycles. The highest BCUT2D eigenvalue weighted by molar-refractivity contribution is 5.96. The number of fused-ring (bicyclic) bond motifs is 1. The average molecular weight is 856 g/mol. The van der Waals surface area contributed by atoms with Crippen molar-refractivity contribution in [3.63, 3.8) is 0 Å². The number of carbonyl (C=O) groups is 6. The molecule has 1 fully saturated rings. The maximum atomic E-state index is 13.2. The molecule has 1 aliphatic rings. The summed E-state index contributed by atoms with van der Waals surface area (Å²) in [5.74, 6) is -6.61. The van der Waals surface area contributed by atoms with E-state index in [9.17, 15) is 44.1 Å². The first-order chi connectivity index (χ1) is 29.2. The number of amides is 3. The van der Waals surface area contributed by atoms with E-state index in [1.165, 1.54) is 0 Å². The van der Waals surface area contributed by atoms with Gasteiger partial charge in [0.1, 0.15) is 37.3 Å². The third-order valence-corrected chi connectivity index (χ3v) is 9.11. The molecule has 1 aromatic heterocycles. The Morgan fingerprint density at radius 2 is 1.64 bits per heavy atom. The number of para-hydroxylation sites is 1. The van der Waals surface area contributed by atoms with Gasteiger partial charge in [-0.2, -0.15) is 4.58 Å². The summed E-state index contributed by atoms with van der Waals surface area (Å²) in [6.07, 6.45) is -2.59. The van der Waals surface area contributed by atoms with E-state index < -0.39 is 86.3 Å². The summed E-state index contributed by atoms with van der Waals surface area (Å²) in [5, 5.41) is 47.9. The molecular formula is C39H51N8O14+. The highest BCUT2D eigenvalue weighted by Gasteiger charge is 2.29. The molecule has 4 rings (SSSR count). The molecule has 4 unspecified atom stereocenters. The lowest BCUT2D eigenvalue weighted by molar-refractivity contribution is -0.151. The Kier molecular flexibility index (Phi) is 18.4. The largest absolute Gasteiger partial charge is 0.481 e. The van der Waals surface area contributed by atoms with Crippen LogP contribution in [0.2, 0.25) is 0 Å². The summed E-state index contributed by atoms with van der Waals surface area (Å²) < 4.78 is 25.3. The number of morpholine rings is 1. The summed E-state index contributed by atoms with van der Waals surface area (Å²) in [6.45, 7) is 0.127. The number of hydrogen-bond acceptors (Lipinski definition) is 14. The topological polar surface area (TPSA) is 340 Å². The van der Waals surface area contributed by atoms with Crippen LogP contribution in [-0.2, 0) is 38.2 Å². The molecule has 0 saturated carbocycles. The van der Waals surface area contributed by atoms with Crippen LogP contribution in [0.4, 0.5) is 0 Å². The van der Waals surface area contributed by atoms with E-state index in [-0.39, 0.29) is 38.2 Å². The van der Waals surface area contributed by atoms with Crippen molar-refractivity contribution in [2.45, 2.75) is 56.5 Å². The number of nitrogens with zero attached hydrogens (tertiary/aromatic N) is 2. The SMILES string of the molecule is NC(N)=NCCCC(NC(O)CCC(=O)OCOc1cc(=[N+]2CCOCC2)oc2c(-c3ccccc3)cccc12)C(=O)NCC(=O)NC(CC(=O)O)C(=O)NC(CO)C(=O)O. The van der Waals surface area contributed by atoms with Crippen LogP contribution in [0.3, 0.4) is 0 Å². The van der Waals surface area contributed by atoms with Crippen molar-refractivity contribution in [1.29, 1.82) is 0 Å². The number of carbonyl (C=O) groups excluding carboxylic acids is 4. The number of aliphatic hydroxyl groups excluding tert-OH is 2. The number of aliphatic imine (C=N–C) groups is 1. The molecule has 0 bridgehead atoms. The van der Waals surface area contributed by atoms with Crippen molar-refractivity contribution in [1.82, 2.24) is 25.8 Å². The van der Waals surface area contributed by atoms with Crippen LogP contribution in [0.5, 0.6) is 5.75 Å². The monoisotopic (exact) mass is 855 g/mol. The minimum absolute atomic E-state index is 0.0388. The molecule has 2 aromatic carbocycles. The fourth-order valence-electron chi connectivity index (χ4n) is 6.04. The number of esters is 1. The van der Waals surface area contributed by atoms with Gasteiger partial charge in [-0.15, -0.1) is 0 Å². The first kappa shape index (κ1) is 47.1. The smallest absolute Gasteiger partial charge is 0.371 e. The summed E-state index contributed by atoms with van der Waals surface area (Å²) in [7, 11) is 0. The second kappa shape index (κ2) is 23.8. The molecular weight excluding hydrogens is 804 g/mol. The van der Waals surface area contributed by atoms with Gasteiger partial charge in [0.15, 0.2) is 24.6 Å². The van der Waals surface area contributed by atoms with Crippen LogP contribution in [0.25, 0.3) is 22.1 Å². The van der Waals surface area contributed by atoms with Crippen molar-refractivity contribution < 1.29 is 67.8 Å². The average Bonchev–Trinajstić information content (AvgIpc) is 3.24. The minimum Gasteiger partial charge on any atom is -0.481 e. The van der Waals surface area contributed by atoms with Gasteiger partial charge in [0.05, 0.1) is 37.1 Å². The van der Waals surface area contributed by atoms with E-state index in [0.29, 0.717) is 48.6 Å². The zero-order valence-corrected chi connectivity index (χ0v) is 33.1. The summed E-state index contributed by atoms with van der Waals surface area (Å²) in [5.41, 5.74) is 13.6. The number of ether oxygens (including phenoxy) is 3. The van der Waals surface area contributed by atoms with E-state index in [1.807, 2.05) is 58.4 Å². The second-order valence-electron chi connectivity index (χ2n) is 13.6. The van der Waals surface area contributed by atoms with Gasteiger partial charge >= 0.3 is 23.5 Å². The molecule has 0 spiro atoms. The lowest BCUT2D eigenvalue weighted by atomic mass is 10.0. The summed E-state index contributed by atoms with van der Waals surface area (Å²) >= 11 is 0. The van der Waals surface area contributed by atoms with Crippen LogP contribution in [0.1, 0.15) is 32.1 Å². The minimum atomic E-state index is -1.76. The first-order valence-corrected chi connectivity index (χ1v) is 19.2. The number of nitrogens with two attached hydrogens (primary N) is 2. The van der Waals surface area contributed by atoms with Gasteiger partial charge in [0, 0.05) is 18.5 Å². The van der Waals surface area contributed by atoms with E-state index >= 15 is 0 Å². The lowest BCUT2D eigenvalue weighted by Crippen LogP contribution is -2.55. The maximum Gasteiger partial charge on any atom is 0.371 e. The van der Waals surface area contributed by atoms with Gasteiger partial charge in [0.25, 0.3) is 0 Å². The van der Waals surface area contributed by atoms with Crippen LogP contribution in [0, 0.1) is 0 Å². The number of carboxylic acid groups (broad SMARTS) is 2. The maximum absolute atomic E-state index is 13.2. The molecule has 3 amide bonds. The van der Waals surface area contributed by atoms with Crippen LogP contribution < -0.4 is 47.6 Å². The Balaban J connectivity index is 1.35. The molecule has 4 atom stereocenters. The predicted octanol–water partition coefficient (Wildman–Crippen LogP) is -2.47. The fourth-order valence-corrected chi connectivity index (χ4v) is 6.04. The molecule has 22 nitrogen and oxygen atoms in total. The number of aliphatic hydroxyl groups is 2. The molecule has 1 aliphatic heterocycles. The van der Waals surface area contributed by atoms with Gasteiger partial charge in [-0.1, -0.05) is 42.5 Å². The fraction of sp³-hybridized carbons (Fsp3) is 0.436. The Labute approximate surface area is 348 Å². The van der Waals surface area contributed by atoms with Crippen molar-refractivity contribution in [2.24, 2.45) is 16.5 Å². The molecule has 12 N–H and O–H groups in total. The van der Waals surface area contributed by atoms with Gasteiger partial charge in [0.2, 0.25) is 24.5 Å². The third kappa shape index (κ3) is 15.2. The van der Waals surface area contributed by atoms with Crippen molar-refractivity contribution in [3.05, 3.63) is 60.2 Å². The van der Waals surface area contributed by atoms with Gasteiger partial charge in [-0.25, -0.2) is 4.79 Å². The number of benzene rings is 2. The first-order valence-electron chi connectivity index (χ1n) is 19.2. The molecule has 22 heteroatoms. The molecule has 61 heavy (non-hydrogen) atoms. The number of carboxylic acids is 2. The van der Waals surface area contributed by atoms with E-state index in [0.717, 1.165) is 11.1 Å². The number of hydrogen-bond donors (Lipinski definition) is 10. The third-order valence-electron chi connectivity index (χ3n) is 9.11. The lowest BCUT2D eigenvalue weighted by Gasteiger charge is -2.22.